The molecule has 1 aromatic carbocycles. The van der Waals surface area contributed by atoms with Gasteiger partial charge in [-0.05, 0) is 44.2 Å². The van der Waals surface area contributed by atoms with Crippen LogP contribution in [0.25, 0.3) is 33.8 Å². The van der Waals surface area contributed by atoms with Crippen molar-refractivity contribution in [1.29, 1.82) is 0 Å². The van der Waals surface area contributed by atoms with Crippen molar-refractivity contribution in [2.24, 2.45) is 7.05 Å². The second-order valence-corrected chi connectivity index (χ2v) is 6.84. The molecule has 5 nitrogen and oxygen atoms in total. The molecular weight excluding hydrogens is 334 g/mol. The van der Waals surface area contributed by atoms with Crippen LogP contribution in [0.15, 0.2) is 67.1 Å². The van der Waals surface area contributed by atoms with Gasteiger partial charge < -0.3 is 0 Å². The summed E-state index contributed by atoms with van der Waals surface area (Å²) in [6.07, 6.45) is 5.78. The van der Waals surface area contributed by atoms with Crippen molar-refractivity contribution < 1.29 is 4.57 Å². The largest absolute Gasteiger partial charge is 0.312 e. The first-order valence-corrected chi connectivity index (χ1v) is 9.01. The fraction of sp³-hybridized carbons (Fsp3) is 0.136. The maximum atomic E-state index is 4.95. The monoisotopic (exact) mass is 354 g/mol. The van der Waals surface area contributed by atoms with Gasteiger partial charge in [-0.1, -0.05) is 18.2 Å². The first kappa shape index (κ1) is 15.8. The third-order valence-corrected chi connectivity index (χ3v) is 5.27. The van der Waals surface area contributed by atoms with Crippen molar-refractivity contribution >= 4 is 16.8 Å². The molecule has 0 aliphatic carbocycles. The third-order valence-electron chi connectivity index (χ3n) is 5.27. The van der Waals surface area contributed by atoms with E-state index in [1.54, 1.807) is 6.20 Å². The molecule has 0 aliphatic heterocycles. The van der Waals surface area contributed by atoms with Gasteiger partial charge in [0, 0.05) is 18.0 Å². The minimum atomic E-state index is 0.929. The van der Waals surface area contributed by atoms with Gasteiger partial charge in [0.05, 0.1) is 35.5 Å². The number of para-hydroxylation sites is 2. The smallest absolute Gasteiger partial charge is 0.264 e. The van der Waals surface area contributed by atoms with Crippen LogP contribution in [-0.4, -0.2) is 18.9 Å². The predicted octanol–water partition coefficient (Wildman–Crippen LogP) is 3.78. The first-order valence-electron chi connectivity index (χ1n) is 9.01. The zero-order chi connectivity index (χ0) is 18.5. The van der Waals surface area contributed by atoms with E-state index in [0.717, 1.165) is 33.8 Å². The number of aromatic nitrogens is 5. The summed E-state index contributed by atoms with van der Waals surface area (Å²) in [7, 11) is 2.07. The van der Waals surface area contributed by atoms with Crippen LogP contribution in [0.4, 0.5) is 0 Å². The van der Waals surface area contributed by atoms with Gasteiger partial charge in [0.2, 0.25) is 0 Å². The Hall–Kier alpha value is -3.47. The Morgan fingerprint density at radius 3 is 2.59 bits per heavy atom. The molecule has 0 atom stereocenters. The molecule has 0 aliphatic rings. The standard InChI is InChI=1S/C22H20N5/c1-15-16(2)27(22-24-19-10-4-5-11-20(19)26(15)22)21-18(9-7-13-25(21)3)17-8-6-12-23-14-17/h4-14H,1-3H3/q+1. The zero-order valence-electron chi connectivity index (χ0n) is 15.6. The number of benzene rings is 1. The van der Waals surface area contributed by atoms with Crippen LogP contribution in [0.1, 0.15) is 11.4 Å². The lowest BCUT2D eigenvalue weighted by Gasteiger charge is -2.09. The van der Waals surface area contributed by atoms with Crippen LogP contribution in [0, 0.1) is 13.8 Å². The van der Waals surface area contributed by atoms with Crippen LogP contribution in [0.2, 0.25) is 0 Å². The number of fused-ring (bicyclic) bond motifs is 3. The normalized spacial score (nSPS) is 11.5. The van der Waals surface area contributed by atoms with Crippen LogP contribution in [-0.2, 0) is 7.05 Å². The summed E-state index contributed by atoms with van der Waals surface area (Å²) in [5, 5.41) is 0. The maximum absolute atomic E-state index is 4.95. The average Bonchev–Trinajstić information content (AvgIpc) is 3.18. The molecule has 132 valence electrons. The van der Waals surface area contributed by atoms with Gasteiger partial charge >= 0.3 is 5.78 Å². The first-order chi connectivity index (χ1) is 13.2. The van der Waals surface area contributed by atoms with Crippen LogP contribution in [0.5, 0.6) is 0 Å². The minimum Gasteiger partial charge on any atom is -0.264 e. The summed E-state index contributed by atoms with van der Waals surface area (Å²) in [4.78, 5) is 9.26. The van der Waals surface area contributed by atoms with Crippen LogP contribution >= 0.6 is 0 Å². The summed E-state index contributed by atoms with van der Waals surface area (Å²) in [5.41, 5.74) is 6.72. The number of nitrogens with zero attached hydrogens (tertiary/aromatic N) is 5. The van der Waals surface area contributed by atoms with Gasteiger partial charge in [0.1, 0.15) is 5.69 Å². The van der Waals surface area contributed by atoms with E-state index >= 15 is 0 Å². The highest BCUT2D eigenvalue weighted by atomic mass is 15.3. The van der Waals surface area contributed by atoms with Gasteiger partial charge in [-0.25, -0.2) is 4.57 Å². The highest BCUT2D eigenvalue weighted by Gasteiger charge is 2.27. The lowest BCUT2D eigenvalue weighted by atomic mass is 10.1. The molecule has 0 fully saturated rings. The number of rotatable bonds is 2. The number of hydrogen-bond donors (Lipinski definition) is 0. The molecule has 0 saturated heterocycles. The Labute approximate surface area is 157 Å². The van der Waals surface area contributed by atoms with Crippen LogP contribution < -0.4 is 4.57 Å². The summed E-state index contributed by atoms with van der Waals surface area (Å²) < 4.78 is 6.64. The molecule has 5 heteroatoms. The second kappa shape index (κ2) is 5.77. The molecule has 0 radical (unpaired) electrons. The summed E-state index contributed by atoms with van der Waals surface area (Å²) in [5.74, 6) is 2.01. The zero-order valence-corrected chi connectivity index (χ0v) is 15.6. The lowest BCUT2D eigenvalue weighted by Crippen LogP contribution is -2.34. The van der Waals surface area contributed by atoms with E-state index in [1.807, 2.05) is 18.3 Å². The number of pyridine rings is 2. The van der Waals surface area contributed by atoms with E-state index in [4.69, 9.17) is 4.98 Å². The number of aryl methyl sites for hydroxylation is 2. The molecule has 4 heterocycles. The molecular formula is C22H20N5+. The number of hydrogen-bond acceptors (Lipinski definition) is 2. The molecule has 0 spiro atoms. The quantitative estimate of drug-likeness (QED) is 0.453. The lowest BCUT2D eigenvalue weighted by molar-refractivity contribution is -0.665. The van der Waals surface area contributed by atoms with Crippen molar-refractivity contribution in [2.75, 3.05) is 0 Å². The molecule has 27 heavy (non-hydrogen) atoms. The topological polar surface area (TPSA) is 39.0 Å². The van der Waals surface area contributed by atoms with Gasteiger partial charge in [-0.3, -0.25) is 9.38 Å². The van der Waals surface area contributed by atoms with E-state index in [9.17, 15) is 0 Å². The van der Waals surface area contributed by atoms with Crippen molar-refractivity contribution in [3.05, 3.63) is 78.5 Å². The van der Waals surface area contributed by atoms with E-state index in [2.05, 4.69) is 82.0 Å². The van der Waals surface area contributed by atoms with Gasteiger partial charge in [-0.2, -0.15) is 9.55 Å². The summed E-state index contributed by atoms with van der Waals surface area (Å²) >= 11 is 0. The van der Waals surface area contributed by atoms with Gasteiger partial charge in [-0.15, -0.1) is 0 Å². The van der Waals surface area contributed by atoms with Crippen molar-refractivity contribution in [3.8, 4) is 16.9 Å². The van der Waals surface area contributed by atoms with Gasteiger partial charge in [0.15, 0.2) is 0 Å². The molecule has 0 bridgehead atoms. The van der Waals surface area contributed by atoms with E-state index in [0.29, 0.717) is 0 Å². The highest BCUT2D eigenvalue weighted by molar-refractivity contribution is 5.81. The SMILES string of the molecule is Cc1c(C)n2c3ccccc3nc2n1-c1c(-c2cccnc2)ccc[n+]1C. The molecule has 0 unspecified atom stereocenters. The van der Waals surface area contributed by atoms with Crippen molar-refractivity contribution in [2.45, 2.75) is 13.8 Å². The second-order valence-electron chi connectivity index (χ2n) is 6.84. The summed E-state index contributed by atoms with van der Waals surface area (Å²) in [6.45, 7) is 4.30. The molecule has 4 aromatic heterocycles. The maximum Gasteiger partial charge on any atom is 0.312 e. The van der Waals surface area contributed by atoms with E-state index < -0.39 is 0 Å². The molecule has 0 N–H and O–H groups in total. The fourth-order valence-electron chi connectivity index (χ4n) is 3.85. The highest BCUT2D eigenvalue weighted by Crippen LogP contribution is 2.29. The average molecular weight is 354 g/mol. The Balaban J connectivity index is 1.92. The Kier molecular flexibility index (Phi) is 3.37. The van der Waals surface area contributed by atoms with Crippen LogP contribution in [0.3, 0.4) is 0 Å². The van der Waals surface area contributed by atoms with Gasteiger partial charge in [0.25, 0.3) is 5.82 Å². The van der Waals surface area contributed by atoms with E-state index in [-0.39, 0.29) is 0 Å². The molecule has 5 aromatic rings. The van der Waals surface area contributed by atoms with Crippen molar-refractivity contribution in [1.82, 2.24) is 18.9 Å². The Morgan fingerprint density at radius 2 is 1.78 bits per heavy atom. The molecule has 0 amide bonds. The van der Waals surface area contributed by atoms with Crippen molar-refractivity contribution in [3.63, 3.8) is 0 Å². The third kappa shape index (κ3) is 2.21. The Bertz CT molecular complexity index is 1300. The molecule has 5 rings (SSSR count). The fourth-order valence-corrected chi connectivity index (χ4v) is 3.85. The Morgan fingerprint density at radius 1 is 0.926 bits per heavy atom. The summed E-state index contributed by atoms with van der Waals surface area (Å²) in [6, 6.07) is 16.6. The minimum absolute atomic E-state index is 0.929. The predicted molar refractivity (Wildman–Crippen MR) is 106 cm³/mol. The molecule has 0 saturated carbocycles. The number of imidazole rings is 2. The van der Waals surface area contributed by atoms with E-state index in [1.165, 1.54) is 11.4 Å².